The number of ether oxygens (including phenoxy) is 1. The Morgan fingerprint density at radius 2 is 2.17 bits per heavy atom. The average Bonchev–Trinajstić information content (AvgIpc) is 1.97. The van der Waals surface area contributed by atoms with Crippen LogP contribution in [0.25, 0.3) is 0 Å². The predicted molar refractivity (Wildman–Crippen MR) is 47.0 cm³/mol. The monoisotopic (exact) mass is 171 g/mol. The molecular weight excluding hydrogens is 154 g/mol. The lowest BCUT2D eigenvalue weighted by Crippen LogP contribution is -2.53. The summed E-state index contributed by atoms with van der Waals surface area (Å²) in [6.07, 6.45) is 4.16. The van der Waals surface area contributed by atoms with E-state index in [1.165, 1.54) is 6.42 Å². The number of alkyl carbamates (subject to hydrolysis) is 1. The first-order chi connectivity index (χ1) is 5.72. The van der Waals surface area contributed by atoms with E-state index in [1.54, 1.807) is 0 Å². The zero-order valence-corrected chi connectivity index (χ0v) is 7.85. The molecular formula is C9H17NO2. The van der Waals surface area contributed by atoms with Gasteiger partial charge in [0.15, 0.2) is 0 Å². The first-order valence-electron chi connectivity index (χ1n) is 4.67. The highest BCUT2D eigenvalue weighted by atomic mass is 16.5. The fourth-order valence-electron chi connectivity index (χ4n) is 1.55. The van der Waals surface area contributed by atoms with Gasteiger partial charge in [-0.2, -0.15) is 0 Å². The van der Waals surface area contributed by atoms with Gasteiger partial charge < -0.3 is 10.1 Å². The van der Waals surface area contributed by atoms with Gasteiger partial charge in [-0.05, 0) is 32.6 Å². The van der Waals surface area contributed by atoms with Crippen LogP contribution in [0.1, 0.15) is 39.5 Å². The van der Waals surface area contributed by atoms with Gasteiger partial charge in [-0.1, -0.05) is 6.92 Å². The maximum atomic E-state index is 11.1. The summed E-state index contributed by atoms with van der Waals surface area (Å²) in [5, 5.41) is 2.92. The van der Waals surface area contributed by atoms with Gasteiger partial charge in [0.05, 0.1) is 6.61 Å². The molecule has 0 radical (unpaired) electrons. The molecule has 0 saturated heterocycles. The number of carbonyl (C=O) groups excluding carboxylic acids is 1. The number of hydrogen-bond donors (Lipinski definition) is 1. The third-order valence-corrected chi connectivity index (χ3v) is 2.63. The second kappa shape index (κ2) is 3.78. The van der Waals surface area contributed by atoms with Crippen molar-refractivity contribution in [1.29, 1.82) is 0 Å². The molecule has 70 valence electrons. The molecule has 1 aliphatic carbocycles. The molecule has 0 heterocycles. The smallest absolute Gasteiger partial charge is 0.407 e. The summed E-state index contributed by atoms with van der Waals surface area (Å²) in [5.74, 6) is 0. The van der Waals surface area contributed by atoms with Crippen LogP contribution in [0.2, 0.25) is 0 Å². The fourth-order valence-corrected chi connectivity index (χ4v) is 1.55. The molecule has 1 N–H and O–H groups in total. The molecule has 12 heavy (non-hydrogen) atoms. The molecule has 1 amide bonds. The van der Waals surface area contributed by atoms with E-state index in [9.17, 15) is 4.79 Å². The van der Waals surface area contributed by atoms with Crippen LogP contribution in [0.5, 0.6) is 0 Å². The predicted octanol–water partition coefficient (Wildman–Crippen LogP) is 2.07. The van der Waals surface area contributed by atoms with Crippen molar-refractivity contribution < 1.29 is 9.53 Å². The van der Waals surface area contributed by atoms with Crippen LogP contribution >= 0.6 is 0 Å². The maximum Gasteiger partial charge on any atom is 0.407 e. The number of rotatable bonds is 3. The lowest BCUT2D eigenvalue weighted by molar-refractivity contribution is 0.114. The summed E-state index contributed by atoms with van der Waals surface area (Å²) < 4.78 is 4.83. The van der Waals surface area contributed by atoms with Crippen molar-refractivity contribution in [2.45, 2.75) is 45.1 Å². The summed E-state index contributed by atoms with van der Waals surface area (Å²) in [6, 6.07) is 0. The molecule has 0 unspecified atom stereocenters. The van der Waals surface area contributed by atoms with E-state index >= 15 is 0 Å². The Labute approximate surface area is 73.5 Å². The van der Waals surface area contributed by atoms with Crippen molar-refractivity contribution >= 4 is 6.09 Å². The van der Waals surface area contributed by atoms with E-state index in [0.717, 1.165) is 19.3 Å². The van der Waals surface area contributed by atoms with Gasteiger partial charge in [0, 0.05) is 5.54 Å². The third-order valence-electron chi connectivity index (χ3n) is 2.63. The molecule has 0 aromatic heterocycles. The van der Waals surface area contributed by atoms with Crippen LogP contribution < -0.4 is 5.32 Å². The molecule has 1 saturated carbocycles. The van der Waals surface area contributed by atoms with Crippen molar-refractivity contribution in [3.63, 3.8) is 0 Å². The molecule has 1 rings (SSSR count). The Morgan fingerprint density at radius 3 is 2.50 bits per heavy atom. The van der Waals surface area contributed by atoms with Crippen LogP contribution in [0.4, 0.5) is 4.79 Å². The van der Waals surface area contributed by atoms with E-state index in [4.69, 9.17) is 4.74 Å². The Hall–Kier alpha value is -0.730. The van der Waals surface area contributed by atoms with Gasteiger partial charge in [-0.25, -0.2) is 4.79 Å². The molecule has 0 aromatic carbocycles. The van der Waals surface area contributed by atoms with Crippen LogP contribution in [0, 0.1) is 0 Å². The van der Waals surface area contributed by atoms with Crippen LogP contribution in [-0.4, -0.2) is 18.2 Å². The first kappa shape index (κ1) is 9.36. The normalized spacial score (nSPS) is 19.5. The number of amides is 1. The van der Waals surface area contributed by atoms with Gasteiger partial charge in [0.2, 0.25) is 0 Å². The van der Waals surface area contributed by atoms with E-state index in [2.05, 4.69) is 12.2 Å². The van der Waals surface area contributed by atoms with Crippen molar-refractivity contribution in [1.82, 2.24) is 5.32 Å². The fraction of sp³-hybridized carbons (Fsp3) is 0.889. The van der Waals surface area contributed by atoms with Crippen LogP contribution in [0.15, 0.2) is 0 Å². The van der Waals surface area contributed by atoms with E-state index < -0.39 is 0 Å². The first-order valence-corrected chi connectivity index (χ1v) is 4.67. The van der Waals surface area contributed by atoms with Gasteiger partial charge in [0.1, 0.15) is 0 Å². The van der Waals surface area contributed by atoms with Crippen molar-refractivity contribution in [2.24, 2.45) is 0 Å². The molecule has 0 atom stereocenters. The summed E-state index contributed by atoms with van der Waals surface area (Å²) in [5.41, 5.74) is 0.0618. The minimum atomic E-state index is -0.265. The van der Waals surface area contributed by atoms with Crippen molar-refractivity contribution in [2.75, 3.05) is 6.61 Å². The summed E-state index contributed by atoms with van der Waals surface area (Å²) in [4.78, 5) is 11.1. The summed E-state index contributed by atoms with van der Waals surface area (Å²) in [7, 11) is 0. The maximum absolute atomic E-state index is 11.1. The lowest BCUT2D eigenvalue weighted by atomic mass is 9.75. The highest BCUT2D eigenvalue weighted by Crippen LogP contribution is 2.34. The van der Waals surface area contributed by atoms with Crippen molar-refractivity contribution in [3.8, 4) is 0 Å². The van der Waals surface area contributed by atoms with Gasteiger partial charge >= 0.3 is 6.09 Å². The van der Waals surface area contributed by atoms with Gasteiger partial charge in [-0.3, -0.25) is 0 Å². The SMILES string of the molecule is CCOC(=O)NC1(CC)CCC1. The topological polar surface area (TPSA) is 38.3 Å². The van der Waals surface area contributed by atoms with E-state index in [1.807, 2.05) is 6.92 Å². The second-order valence-corrected chi connectivity index (χ2v) is 3.33. The van der Waals surface area contributed by atoms with Crippen LogP contribution in [-0.2, 0) is 4.74 Å². The Morgan fingerprint density at radius 1 is 1.50 bits per heavy atom. The quantitative estimate of drug-likeness (QED) is 0.706. The highest BCUT2D eigenvalue weighted by molar-refractivity contribution is 5.68. The third kappa shape index (κ3) is 1.90. The number of nitrogens with one attached hydrogen (secondary N) is 1. The Balaban J connectivity index is 2.32. The molecule has 0 aromatic rings. The zero-order valence-electron chi connectivity index (χ0n) is 7.85. The summed E-state index contributed by atoms with van der Waals surface area (Å²) >= 11 is 0. The minimum absolute atomic E-state index is 0.0618. The molecule has 0 bridgehead atoms. The molecule has 0 spiro atoms. The lowest BCUT2D eigenvalue weighted by Gasteiger charge is -2.41. The van der Waals surface area contributed by atoms with Crippen LogP contribution in [0.3, 0.4) is 0 Å². The van der Waals surface area contributed by atoms with Gasteiger partial charge in [-0.15, -0.1) is 0 Å². The Bertz CT molecular complexity index is 158. The second-order valence-electron chi connectivity index (χ2n) is 3.33. The zero-order chi connectivity index (χ0) is 9.03. The van der Waals surface area contributed by atoms with E-state index in [-0.39, 0.29) is 11.6 Å². The average molecular weight is 171 g/mol. The summed E-state index contributed by atoms with van der Waals surface area (Å²) in [6.45, 7) is 4.37. The Kier molecular flexibility index (Phi) is 2.95. The molecule has 0 aliphatic heterocycles. The molecule has 1 aliphatic rings. The van der Waals surface area contributed by atoms with E-state index in [0.29, 0.717) is 6.61 Å². The largest absolute Gasteiger partial charge is 0.450 e. The number of hydrogen-bond acceptors (Lipinski definition) is 2. The van der Waals surface area contributed by atoms with Crippen molar-refractivity contribution in [3.05, 3.63) is 0 Å². The number of carbonyl (C=O) groups is 1. The van der Waals surface area contributed by atoms with Gasteiger partial charge in [0.25, 0.3) is 0 Å². The minimum Gasteiger partial charge on any atom is -0.450 e. The standard InChI is InChI=1S/C9H17NO2/c1-3-9(6-5-7-9)10-8(11)12-4-2/h3-7H2,1-2H3,(H,10,11). The molecule has 3 nitrogen and oxygen atoms in total. The molecule has 1 fully saturated rings. The highest BCUT2D eigenvalue weighted by Gasteiger charge is 2.36. The molecule has 3 heteroatoms.